The van der Waals surface area contributed by atoms with Crippen molar-refractivity contribution >= 4 is 52.1 Å². The lowest BCUT2D eigenvalue weighted by atomic mass is 9.78. The third-order valence-electron chi connectivity index (χ3n) is 8.83. The SMILES string of the molecule is CCC(C)(C)c1cc(C(C)(C)C)ccc1OCCCCNC(=O)c1cc(SCCC(=O)Nc2ccc(NNC=O)cc2)c2ccccc2c1O. The quantitative estimate of drug-likeness (QED) is 0.0325. The number of rotatable bonds is 17. The first kappa shape index (κ1) is 38.1. The first-order valence-corrected chi connectivity index (χ1v) is 18.1. The summed E-state index contributed by atoms with van der Waals surface area (Å²) < 4.78 is 6.27. The second-order valence-corrected chi connectivity index (χ2v) is 15.1. The average Bonchev–Trinajstić information content (AvgIpc) is 3.10. The zero-order chi connectivity index (χ0) is 36.3. The van der Waals surface area contributed by atoms with E-state index in [9.17, 15) is 19.5 Å². The van der Waals surface area contributed by atoms with Crippen molar-refractivity contribution in [2.75, 3.05) is 29.6 Å². The number of carbonyl (C=O) groups is 3. The van der Waals surface area contributed by atoms with E-state index in [0.717, 1.165) is 35.3 Å². The van der Waals surface area contributed by atoms with E-state index in [0.29, 0.717) is 42.1 Å². The van der Waals surface area contributed by atoms with Gasteiger partial charge < -0.3 is 20.5 Å². The summed E-state index contributed by atoms with van der Waals surface area (Å²) in [5.41, 5.74) is 9.14. The number of ether oxygens (including phenoxy) is 1. The summed E-state index contributed by atoms with van der Waals surface area (Å²) in [6.45, 7) is 14.3. The molecule has 266 valence electrons. The molecule has 0 spiro atoms. The van der Waals surface area contributed by atoms with Gasteiger partial charge in [-0.2, -0.15) is 0 Å². The highest BCUT2D eigenvalue weighted by Gasteiger charge is 2.25. The van der Waals surface area contributed by atoms with Gasteiger partial charge >= 0.3 is 0 Å². The molecule has 9 nitrogen and oxygen atoms in total. The minimum absolute atomic E-state index is 0.0154. The molecule has 0 bridgehead atoms. The lowest BCUT2D eigenvalue weighted by Crippen LogP contribution is -2.25. The number of thioether (sulfide) groups is 1. The van der Waals surface area contributed by atoms with Crippen LogP contribution in [0, 0.1) is 0 Å². The molecule has 0 aliphatic rings. The second-order valence-electron chi connectivity index (χ2n) is 13.9. The number of hydrazine groups is 1. The van der Waals surface area contributed by atoms with Gasteiger partial charge in [-0.3, -0.25) is 25.2 Å². The first-order chi connectivity index (χ1) is 23.8. The molecule has 4 aromatic carbocycles. The van der Waals surface area contributed by atoms with E-state index in [-0.39, 0.29) is 40.4 Å². The molecule has 0 unspecified atom stereocenters. The maximum Gasteiger partial charge on any atom is 0.255 e. The van der Waals surface area contributed by atoms with Crippen molar-refractivity contribution in [2.24, 2.45) is 0 Å². The number of benzene rings is 4. The Balaban J connectivity index is 1.31. The zero-order valence-electron chi connectivity index (χ0n) is 29.9. The Kier molecular flexibility index (Phi) is 13.2. The van der Waals surface area contributed by atoms with Crippen LogP contribution in [0.4, 0.5) is 11.4 Å². The van der Waals surface area contributed by atoms with Crippen LogP contribution in [0.1, 0.15) is 88.7 Å². The lowest BCUT2D eigenvalue weighted by molar-refractivity contribution is -0.115. The molecule has 0 fully saturated rings. The van der Waals surface area contributed by atoms with Crippen LogP contribution in [0.15, 0.2) is 77.7 Å². The van der Waals surface area contributed by atoms with Crippen LogP contribution >= 0.6 is 11.8 Å². The predicted octanol–water partition coefficient (Wildman–Crippen LogP) is 8.31. The molecule has 0 saturated heterocycles. The molecule has 0 radical (unpaired) electrons. The Labute approximate surface area is 299 Å². The predicted molar refractivity (Wildman–Crippen MR) is 204 cm³/mol. The Morgan fingerprint density at radius 2 is 1.60 bits per heavy atom. The molecule has 0 saturated carbocycles. The standard InChI is InChI=1S/C40H50N4O5S/c1-7-40(5,6)33-24-27(39(2,3)4)14-19-34(33)49-22-11-10-21-41-38(48)32-25-35(30-12-8-9-13-31(30)37(32)47)50-23-20-36(46)43-28-15-17-29(18-16-28)44-42-26-45/h8-9,12-19,24-26,44,47H,7,10-11,20-23H2,1-6H3,(H,41,48)(H,42,45)(H,43,46). The van der Waals surface area contributed by atoms with E-state index >= 15 is 0 Å². The molecule has 0 aromatic heterocycles. The van der Waals surface area contributed by atoms with Crippen molar-refractivity contribution in [3.8, 4) is 11.5 Å². The fourth-order valence-corrected chi connectivity index (χ4v) is 6.44. The van der Waals surface area contributed by atoms with Gasteiger partial charge in [-0.1, -0.05) is 77.9 Å². The van der Waals surface area contributed by atoms with Crippen molar-refractivity contribution in [3.05, 3.63) is 89.5 Å². The van der Waals surface area contributed by atoms with Crippen LogP contribution in [-0.4, -0.2) is 42.2 Å². The molecule has 50 heavy (non-hydrogen) atoms. The van der Waals surface area contributed by atoms with Gasteiger partial charge in [0, 0.05) is 40.3 Å². The number of hydrogen-bond donors (Lipinski definition) is 5. The van der Waals surface area contributed by atoms with Crippen molar-refractivity contribution in [1.82, 2.24) is 10.7 Å². The average molecular weight is 699 g/mol. The zero-order valence-corrected chi connectivity index (χ0v) is 30.8. The van der Waals surface area contributed by atoms with E-state index in [1.54, 1.807) is 36.4 Å². The summed E-state index contributed by atoms with van der Waals surface area (Å²) in [4.78, 5) is 37.2. The van der Waals surface area contributed by atoms with Crippen molar-refractivity contribution in [1.29, 1.82) is 0 Å². The molecule has 4 aromatic rings. The molecular formula is C40H50N4O5S. The fraction of sp³-hybridized carbons (Fsp3) is 0.375. The number of fused-ring (bicyclic) bond motifs is 1. The highest BCUT2D eigenvalue weighted by Crippen LogP contribution is 2.38. The van der Waals surface area contributed by atoms with Gasteiger partial charge in [0.05, 0.1) is 17.9 Å². The van der Waals surface area contributed by atoms with E-state index in [4.69, 9.17) is 4.74 Å². The van der Waals surface area contributed by atoms with Crippen LogP contribution in [0.25, 0.3) is 10.8 Å². The van der Waals surface area contributed by atoms with E-state index in [1.807, 2.05) is 18.2 Å². The molecule has 4 rings (SSSR count). The fourth-order valence-electron chi connectivity index (χ4n) is 5.39. The van der Waals surface area contributed by atoms with E-state index in [1.165, 1.54) is 22.9 Å². The van der Waals surface area contributed by atoms with Crippen LogP contribution < -0.4 is 26.2 Å². The maximum atomic E-state index is 13.3. The Morgan fingerprint density at radius 1 is 0.900 bits per heavy atom. The van der Waals surface area contributed by atoms with Crippen molar-refractivity contribution in [3.63, 3.8) is 0 Å². The smallest absolute Gasteiger partial charge is 0.255 e. The molecule has 0 aliphatic heterocycles. The van der Waals surface area contributed by atoms with Crippen LogP contribution in [0.5, 0.6) is 11.5 Å². The summed E-state index contributed by atoms with van der Waals surface area (Å²) in [6.07, 6.45) is 3.26. The number of amides is 3. The summed E-state index contributed by atoms with van der Waals surface area (Å²) in [5.74, 6) is 0.824. The number of aromatic hydroxyl groups is 1. The van der Waals surface area contributed by atoms with Gasteiger partial charge in [0.2, 0.25) is 12.3 Å². The Morgan fingerprint density at radius 3 is 2.28 bits per heavy atom. The van der Waals surface area contributed by atoms with Crippen molar-refractivity contribution < 1.29 is 24.2 Å². The first-order valence-electron chi connectivity index (χ1n) is 17.1. The molecule has 0 aliphatic carbocycles. The molecule has 0 heterocycles. The molecule has 10 heteroatoms. The normalized spacial score (nSPS) is 11.6. The third-order valence-corrected chi connectivity index (χ3v) is 9.88. The monoisotopic (exact) mass is 698 g/mol. The Bertz CT molecular complexity index is 1780. The Hall–Kier alpha value is -4.70. The summed E-state index contributed by atoms with van der Waals surface area (Å²) in [7, 11) is 0. The molecular weight excluding hydrogens is 649 g/mol. The minimum Gasteiger partial charge on any atom is -0.506 e. The number of unbranched alkanes of at least 4 members (excludes halogenated alkanes) is 1. The minimum atomic E-state index is -0.347. The van der Waals surface area contributed by atoms with E-state index < -0.39 is 0 Å². The van der Waals surface area contributed by atoms with Gasteiger partial charge in [-0.15, -0.1) is 11.8 Å². The van der Waals surface area contributed by atoms with E-state index in [2.05, 4.69) is 81.2 Å². The van der Waals surface area contributed by atoms with Crippen LogP contribution in [0.2, 0.25) is 0 Å². The molecule has 3 amide bonds. The lowest BCUT2D eigenvalue weighted by Gasteiger charge is -2.29. The highest BCUT2D eigenvalue weighted by atomic mass is 32.2. The summed E-state index contributed by atoms with van der Waals surface area (Å²) in [5, 5.41) is 18.3. The highest BCUT2D eigenvalue weighted by molar-refractivity contribution is 7.99. The number of nitrogens with one attached hydrogen (secondary N) is 4. The third kappa shape index (κ3) is 10.2. The van der Waals surface area contributed by atoms with Crippen LogP contribution in [-0.2, 0) is 20.4 Å². The largest absolute Gasteiger partial charge is 0.506 e. The van der Waals surface area contributed by atoms with Crippen LogP contribution in [0.3, 0.4) is 0 Å². The van der Waals surface area contributed by atoms with Gasteiger partial charge in [0.15, 0.2) is 0 Å². The number of hydrogen-bond acceptors (Lipinski definition) is 7. The number of anilines is 2. The topological polar surface area (TPSA) is 129 Å². The maximum absolute atomic E-state index is 13.3. The summed E-state index contributed by atoms with van der Waals surface area (Å²) in [6, 6.07) is 22.6. The van der Waals surface area contributed by atoms with Gasteiger partial charge in [-0.05, 0) is 77.4 Å². The second kappa shape index (κ2) is 17.3. The number of carbonyl (C=O) groups excluding carboxylic acids is 3. The van der Waals surface area contributed by atoms with Gasteiger partial charge in [0.25, 0.3) is 5.91 Å². The van der Waals surface area contributed by atoms with Gasteiger partial charge in [-0.25, -0.2) is 0 Å². The number of phenols is 1. The van der Waals surface area contributed by atoms with Crippen molar-refractivity contribution in [2.45, 2.75) is 83.0 Å². The molecule has 5 N–H and O–H groups in total. The molecule has 0 atom stereocenters. The number of phenolic OH excluding ortho intramolecular Hbond substituents is 1. The van der Waals surface area contributed by atoms with Gasteiger partial charge in [0.1, 0.15) is 11.5 Å². The summed E-state index contributed by atoms with van der Waals surface area (Å²) >= 11 is 1.46.